The number of rotatable bonds is 8. The number of hydrogen-bond donors (Lipinski definition) is 2. The van der Waals surface area contributed by atoms with E-state index in [1.165, 1.54) is 12.8 Å². The predicted molar refractivity (Wildman–Crippen MR) is 57.1 cm³/mol. The average molecular weight is 201 g/mol. The minimum atomic E-state index is -0.684. The number of unbranched alkanes of at least 4 members (excludes halogenated alkanes) is 1. The van der Waals surface area contributed by atoms with E-state index in [0.29, 0.717) is 6.54 Å². The van der Waals surface area contributed by atoms with Crippen molar-refractivity contribution in [2.75, 3.05) is 19.8 Å². The van der Waals surface area contributed by atoms with Crippen molar-refractivity contribution >= 4 is 0 Å². The molecule has 0 spiro atoms. The minimum absolute atomic E-state index is 0.343. The predicted octanol–water partition coefficient (Wildman–Crippen LogP) is 1.29. The van der Waals surface area contributed by atoms with Crippen LogP contribution in [0.25, 0.3) is 0 Å². The van der Waals surface area contributed by atoms with E-state index >= 15 is 0 Å². The fraction of sp³-hybridized carbons (Fsp3) is 1.00. The molecule has 0 amide bonds. The second-order valence-corrected chi connectivity index (χ2v) is 4.68. The van der Waals surface area contributed by atoms with E-state index < -0.39 is 5.60 Å². The quantitative estimate of drug-likeness (QED) is 0.582. The molecule has 0 aromatic carbocycles. The molecule has 3 nitrogen and oxygen atoms in total. The van der Waals surface area contributed by atoms with Crippen molar-refractivity contribution in [3.63, 3.8) is 0 Å². The summed E-state index contributed by atoms with van der Waals surface area (Å²) in [6, 6.07) is 0. The van der Waals surface area contributed by atoms with Crippen LogP contribution in [0.2, 0.25) is 0 Å². The highest BCUT2D eigenvalue weighted by atomic mass is 16.5. The van der Waals surface area contributed by atoms with E-state index in [2.05, 4.69) is 0 Å². The van der Waals surface area contributed by atoms with Crippen LogP contribution in [-0.2, 0) is 4.74 Å². The number of ether oxygens (including phenoxy) is 1. The maximum atomic E-state index is 9.61. The van der Waals surface area contributed by atoms with Gasteiger partial charge in [0, 0.05) is 19.8 Å². The molecule has 1 rings (SSSR count). The molecule has 0 heterocycles. The highest BCUT2D eigenvalue weighted by molar-refractivity contribution is 4.73. The summed E-state index contributed by atoms with van der Waals surface area (Å²) in [6.07, 6.45) is 5.50. The van der Waals surface area contributed by atoms with Crippen LogP contribution in [-0.4, -0.2) is 30.5 Å². The van der Waals surface area contributed by atoms with Gasteiger partial charge in [0.2, 0.25) is 0 Å². The van der Waals surface area contributed by atoms with Crippen LogP contribution in [0.1, 0.15) is 39.0 Å². The SMILES string of the molecule is CC(O)(CN)CCCCOCC1CC1. The molecular formula is C11H23NO2. The maximum absolute atomic E-state index is 9.61. The molecule has 1 unspecified atom stereocenters. The molecule has 0 saturated heterocycles. The van der Waals surface area contributed by atoms with Gasteiger partial charge in [-0.25, -0.2) is 0 Å². The third-order valence-corrected chi connectivity index (χ3v) is 2.74. The van der Waals surface area contributed by atoms with Crippen molar-refractivity contribution in [3.8, 4) is 0 Å². The highest BCUT2D eigenvalue weighted by Gasteiger charge is 2.21. The summed E-state index contributed by atoms with van der Waals surface area (Å²) >= 11 is 0. The van der Waals surface area contributed by atoms with Gasteiger partial charge < -0.3 is 15.6 Å². The van der Waals surface area contributed by atoms with E-state index in [4.69, 9.17) is 10.5 Å². The van der Waals surface area contributed by atoms with Gasteiger partial charge in [-0.15, -0.1) is 0 Å². The molecular weight excluding hydrogens is 178 g/mol. The molecule has 0 aliphatic heterocycles. The van der Waals surface area contributed by atoms with Gasteiger partial charge in [-0.1, -0.05) is 0 Å². The first-order valence-electron chi connectivity index (χ1n) is 5.64. The molecule has 1 aliphatic carbocycles. The third-order valence-electron chi connectivity index (χ3n) is 2.74. The molecule has 1 atom stereocenters. The van der Waals surface area contributed by atoms with Crippen LogP contribution in [0, 0.1) is 5.92 Å². The normalized spacial score (nSPS) is 20.8. The smallest absolute Gasteiger partial charge is 0.0741 e. The zero-order chi connectivity index (χ0) is 10.4. The lowest BCUT2D eigenvalue weighted by Gasteiger charge is -2.20. The number of nitrogens with two attached hydrogens (primary N) is 1. The van der Waals surface area contributed by atoms with Crippen molar-refractivity contribution in [1.29, 1.82) is 0 Å². The molecule has 0 radical (unpaired) electrons. The summed E-state index contributed by atoms with van der Waals surface area (Å²) in [7, 11) is 0. The van der Waals surface area contributed by atoms with Crippen molar-refractivity contribution in [2.24, 2.45) is 11.7 Å². The van der Waals surface area contributed by atoms with Crippen molar-refractivity contribution < 1.29 is 9.84 Å². The Hall–Kier alpha value is -0.120. The van der Waals surface area contributed by atoms with Crippen LogP contribution in [0.4, 0.5) is 0 Å². The largest absolute Gasteiger partial charge is 0.389 e. The molecule has 3 N–H and O–H groups in total. The van der Waals surface area contributed by atoms with Crippen molar-refractivity contribution in [3.05, 3.63) is 0 Å². The first kappa shape index (κ1) is 12.0. The lowest BCUT2D eigenvalue weighted by Crippen LogP contribution is -2.33. The fourth-order valence-electron chi connectivity index (χ4n) is 1.35. The molecule has 1 fully saturated rings. The van der Waals surface area contributed by atoms with Crippen molar-refractivity contribution in [1.82, 2.24) is 0 Å². The van der Waals surface area contributed by atoms with Gasteiger partial charge in [0.25, 0.3) is 0 Å². The van der Waals surface area contributed by atoms with Crippen LogP contribution in [0.15, 0.2) is 0 Å². The molecule has 3 heteroatoms. The number of aliphatic hydroxyl groups is 1. The summed E-state index contributed by atoms with van der Waals surface area (Å²) in [5, 5.41) is 9.61. The summed E-state index contributed by atoms with van der Waals surface area (Å²) in [4.78, 5) is 0. The minimum Gasteiger partial charge on any atom is -0.389 e. The first-order valence-corrected chi connectivity index (χ1v) is 5.64. The van der Waals surface area contributed by atoms with E-state index in [9.17, 15) is 5.11 Å². The molecule has 0 aromatic heterocycles. The Bertz CT molecular complexity index is 155. The Kier molecular flexibility index (Phi) is 4.85. The van der Waals surface area contributed by atoms with E-state index in [1.54, 1.807) is 6.92 Å². The second-order valence-electron chi connectivity index (χ2n) is 4.68. The summed E-state index contributed by atoms with van der Waals surface area (Å²) in [6.45, 7) is 3.90. The number of hydrogen-bond acceptors (Lipinski definition) is 3. The van der Waals surface area contributed by atoms with Crippen molar-refractivity contribution in [2.45, 2.75) is 44.6 Å². The van der Waals surface area contributed by atoms with E-state index in [0.717, 1.165) is 38.4 Å². The topological polar surface area (TPSA) is 55.5 Å². The molecule has 14 heavy (non-hydrogen) atoms. The summed E-state index contributed by atoms with van der Waals surface area (Å²) in [5.74, 6) is 0.849. The van der Waals surface area contributed by atoms with Gasteiger partial charge in [0.15, 0.2) is 0 Å². The molecule has 0 aromatic rings. The lowest BCUT2D eigenvalue weighted by molar-refractivity contribution is 0.0523. The first-order chi connectivity index (χ1) is 6.64. The van der Waals surface area contributed by atoms with Gasteiger partial charge in [-0.05, 0) is 44.9 Å². The Morgan fingerprint density at radius 3 is 2.71 bits per heavy atom. The maximum Gasteiger partial charge on any atom is 0.0741 e. The van der Waals surface area contributed by atoms with Crippen LogP contribution in [0.3, 0.4) is 0 Å². The summed E-state index contributed by atoms with van der Waals surface area (Å²) in [5.41, 5.74) is 4.73. The summed E-state index contributed by atoms with van der Waals surface area (Å²) < 4.78 is 5.49. The molecule has 1 saturated carbocycles. The second kappa shape index (κ2) is 5.69. The lowest BCUT2D eigenvalue weighted by atomic mass is 10.00. The third kappa shape index (κ3) is 5.58. The van der Waals surface area contributed by atoms with Gasteiger partial charge in [0.05, 0.1) is 5.60 Å². The van der Waals surface area contributed by atoms with E-state index in [-0.39, 0.29) is 0 Å². The van der Waals surface area contributed by atoms with Gasteiger partial charge in [-0.2, -0.15) is 0 Å². The zero-order valence-electron chi connectivity index (χ0n) is 9.17. The van der Waals surface area contributed by atoms with Crippen LogP contribution >= 0.6 is 0 Å². The Balaban J connectivity index is 1.83. The Morgan fingerprint density at radius 2 is 2.14 bits per heavy atom. The van der Waals surface area contributed by atoms with Gasteiger partial charge >= 0.3 is 0 Å². The Labute approximate surface area is 86.6 Å². The van der Waals surface area contributed by atoms with E-state index in [1.807, 2.05) is 0 Å². The van der Waals surface area contributed by atoms with Crippen LogP contribution in [0.5, 0.6) is 0 Å². The van der Waals surface area contributed by atoms with Gasteiger partial charge in [-0.3, -0.25) is 0 Å². The average Bonchev–Trinajstić information content (AvgIpc) is 2.95. The monoisotopic (exact) mass is 201 g/mol. The molecule has 0 bridgehead atoms. The van der Waals surface area contributed by atoms with Crippen LogP contribution < -0.4 is 5.73 Å². The standard InChI is InChI=1S/C11H23NO2/c1-11(13,9-12)6-2-3-7-14-8-10-4-5-10/h10,13H,2-9,12H2,1H3. The Morgan fingerprint density at radius 1 is 1.43 bits per heavy atom. The highest BCUT2D eigenvalue weighted by Crippen LogP contribution is 2.28. The fourth-order valence-corrected chi connectivity index (χ4v) is 1.35. The zero-order valence-corrected chi connectivity index (χ0v) is 9.17. The van der Waals surface area contributed by atoms with Gasteiger partial charge in [0.1, 0.15) is 0 Å². The molecule has 84 valence electrons. The molecule has 1 aliphatic rings.